The first-order valence-corrected chi connectivity index (χ1v) is 11.2. The van der Waals surface area contributed by atoms with Crippen molar-refractivity contribution < 1.29 is 9.21 Å². The van der Waals surface area contributed by atoms with E-state index in [1.165, 1.54) is 17.3 Å². The fourth-order valence-electron chi connectivity index (χ4n) is 2.99. The van der Waals surface area contributed by atoms with Crippen LogP contribution < -0.4 is 5.32 Å². The minimum absolute atomic E-state index is 0.0285. The maximum absolute atomic E-state index is 12.2. The lowest BCUT2D eigenvalue weighted by molar-refractivity contribution is -0.118. The maximum Gasteiger partial charge on any atom is 0.230 e. The van der Waals surface area contributed by atoms with Crippen molar-refractivity contribution in [3.63, 3.8) is 0 Å². The number of nitrogens with one attached hydrogen (secondary N) is 1. The molecule has 1 aromatic carbocycles. The number of hydrogen-bond acceptors (Lipinski definition) is 6. The highest BCUT2D eigenvalue weighted by Crippen LogP contribution is 2.36. The third kappa shape index (κ3) is 4.97. The second-order valence-electron chi connectivity index (χ2n) is 6.48. The lowest BCUT2D eigenvalue weighted by Gasteiger charge is -2.18. The van der Waals surface area contributed by atoms with Gasteiger partial charge in [0.1, 0.15) is 16.6 Å². The highest BCUT2D eigenvalue weighted by molar-refractivity contribution is 8.02. The van der Waals surface area contributed by atoms with E-state index in [9.17, 15) is 4.79 Å². The van der Waals surface area contributed by atoms with Crippen LogP contribution in [0.25, 0.3) is 0 Å². The maximum atomic E-state index is 12.2. The van der Waals surface area contributed by atoms with E-state index in [0.29, 0.717) is 18.7 Å². The molecular weight excluding hydrogens is 390 g/mol. The van der Waals surface area contributed by atoms with Crippen molar-refractivity contribution in [1.29, 1.82) is 0 Å². The van der Waals surface area contributed by atoms with E-state index < -0.39 is 0 Å². The molecule has 4 rings (SSSR count). The summed E-state index contributed by atoms with van der Waals surface area (Å²) in [5.74, 6) is 2.95. The van der Waals surface area contributed by atoms with Gasteiger partial charge in [-0.15, -0.1) is 11.8 Å². The standard InChI is InChI=1S/C21H21N3O2S2/c25-19(22-13-16-8-4-10-26-16)14-28-21-20-17(9-5-11-27-20)23-18(24-21)12-15-6-2-1-3-7-15/h1-4,6-8,10H,5,9,11-14H2,(H,22,25). The van der Waals surface area contributed by atoms with Crippen LogP contribution in [0.3, 0.4) is 0 Å². The van der Waals surface area contributed by atoms with E-state index in [2.05, 4.69) is 17.4 Å². The van der Waals surface area contributed by atoms with Gasteiger partial charge >= 0.3 is 0 Å². The van der Waals surface area contributed by atoms with Crippen molar-refractivity contribution in [2.24, 2.45) is 0 Å². The predicted octanol–water partition coefficient (Wildman–Crippen LogP) is 4.11. The Kier molecular flexibility index (Phi) is 6.34. The van der Waals surface area contributed by atoms with Gasteiger partial charge in [-0.3, -0.25) is 4.79 Å². The number of nitrogens with zero attached hydrogens (tertiary/aromatic N) is 2. The molecule has 5 nitrogen and oxygen atoms in total. The molecule has 0 bridgehead atoms. The number of rotatable bonds is 7. The van der Waals surface area contributed by atoms with Crippen LogP contribution >= 0.6 is 23.5 Å². The van der Waals surface area contributed by atoms with Gasteiger partial charge < -0.3 is 9.73 Å². The molecule has 0 radical (unpaired) electrons. The molecule has 1 amide bonds. The lowest BCUT2D eigenvalue weighted by Crippen LogP contribution is -2.24. The molecule has 3 heterocycles. The lowest BCUT2D eigenvalue weighted by atomic mass is 10.1. The minimum Gasteiger partial charge on any atom is -0.467 e. The first kappa shape index (κ1) is 19.1. The normalized spacial score (nSPS) is 13.1. The molecular formula is C21H21N3O2S2. The summed E-state index contributed by atoms with van der Waals surface area (Å²) in [5, 5.41) is 3.81. The van der Waals surface area contributed by atoms with Gasteiger partial charge in [-0.2, -0.15) is 0 Å². The Balaban J connectivity index is 1.45. The van der Waals surface area contributed by atoms with Crippen molar-refractivity contribution in [2.45, 2.75) is 35.7 Å². The van der Waals surface area contributed by atoms with Crippen LogP contribution in [0.1, 0.15) is 29.3 Å². The summed E-state index contributed by atoms with van der Waals surface area (Å²) >= 11 is 3.29. The Labute approximate surface area is 172 Å². The number of fused-ring (bicyclic) bond motifs is 1. The molecule has 0 saturated carbocycles. The van der Waals surface area contributed by atoms with E-state index in [0.717, 1.165) is 45.8 Å². The summed E-state index contributed by atoms with van der Waals surface area (Å²) in [7, 11) is 0. The number of aromatic nitrogens is 2. The number of hydrogen-bond donors (Lipinski definition) is 1. The zero-order valence-electron chi connectivity index (χ0n) is 15.4. The molecule has 1 aliphatic heterocycles. The predicted molar refractivity (Wildman–Crippen MR) is 112 cm³/mol. The van der Waals surface area contributed by atoms with Crippen LogP contribution in [0.4, 0.5) is 0 Å². The van der Waals surface area contributed by atoms with Gasteiger partial charge in [0.05, 0.1) is 29.2 Å². The van der Waals surface area contributed by atoms with E-state index in [1.807, 2.05) is 30.3 Å². The summed E-state index contributed by atoms with van der Waals surface area (Å²) in [4.78, 5) is 23.0. The molecule has 0 aliphatic carbocycles. The third-order valence-corrected chi connectivity index (χ3v) is 6.66. The first-order valence-electron chi connectivity index (χ1n) is 9.26. The van der Waals surface area contributed by atoms with Crippen molar-refractivity contribution in [2.75, 3.05) is 11.5 Å². The van der Waals surface area contributed by atoms with Gasteiger partial charge in [-0.1, -0.05) is 42.1 Å². The minimum atomic E-state index is -0.0285. The Morgan fingerprint density at radius 1 is 1.18 bits per heavy atom. The van der Waals surface area contributed by atoms with Gasteiger partial charge in [0.15, 0.2) is 0 Å². The highest BCUT2D eigenvalue weighted by atomic mass is 32.2. The van der Waals surface area contributed by atoms with E-state index in [-0.39, 0.29) is 5.91 Å². The van der Waals surface area contributed by atoms with Crippen LogP contribution in [-0.2, 0) is 24.2 Å². The molecule has 28 heavy (non-hydrogen) atoms. The topological polar surface area (TPSA) is 68.0 Å². The van der Waals surface area contributed by atoms with Crippen LogP contribution in [-0.4, -0.2) is 27.4 Å². The van der Waals surface area contributed by atoms with Gasteiger partial charge in [0.2, 0.25) is 5.91 Å². The van der Waals surface area contributed by atoms with Crippen molar-refractivity contribution in [3.8, 4) is 0 Å². The van der Waals surface area contributed by atoms with Gasteiger partial charge in [-0.25, -0.2) is 9.97 Å². The molecule has 1 aliphatic rings. The molecule has 0 fully saturated rings. The number of amides is 1. The molecule has 0 unspecified atom stereocenters. The SMILES string of the molecule is O=C(CSc1nc(Cc2ccccc2)nc2c1SCCC2)NCc1ccco1. The number of aryl methyl sites for hydroxylation is 1. The largest absolute Gasteiger partial charge is 0.467 e. The molecule has 2 aromatic heterocycles. The summed E-state index contributed by atoms with van der Waals surface area (Å²) in [6, 6.07) is 13.9. The van der Waals surface area contributed by atoms with Crippen LogP contribution in [0.5, 0.6) is 0 Å². The Hall–Kier alpha value is -2.25. The number of benzene rings is 1. The van der Waals surface area contributed by atoms with E-state index >= 15 is 0 Å². The zero-order valence-corrected chi connectivity index (χ0v) is 17.0. The van der Waals surface area contributed by atoms with Crippen molar-refractivity contribution in [1.82, 2.24) is 15.3 Å². The smallest absolute Gasteiger partial charge is 0.230 e. The van der Waals surface area contributed by atoms with E-state index in [1.54, 1.807) is 18.0 Å². The summed E-state index contributed by atoms with van der Waals surface area (Å²) in [6.45, 7) is 0.405. The second-order valence-corrected chi connectivity index (χ2v) is 8.55. The Morgan fingerprint density at radius 3 is 2.89 bits per heavy atom. The average molecular weight is 412 g/mol. The highest BCUT2D eigenvalue weighted by Gasteiger charge is 2.20. The van der Waals surface area contributed by atoms with Gasteiger partial charge in [0, 0.05) is 6.42 Å². The molecule has 1 N–H and O–H groups in total. The number of furan rings is 1. The van der Waals surface area contributed by atoms with Crippen molar-refractivity contribution >= 4 is 29.4 Å². The zero-order chi connectivity index (χ0) is 19.2. The molecule has 144 valence electrons. The summed E-state index contributed by atoms with van der Waals surface area (Å²) in [6.07, 6.45) is 4.42. The second kappa shape index (κ2) is 9.30. The van der Waals surface area contributed by atoms with Crippen LogP contribution in [0.15, 0.2) is 63.1 Å². The van der Waals surface area contributed by atoms with E-state index in [4.69, 9.17) is 14.4 Å². The molecule has 0 saturated heterocycles. The van der Waals surface area contributed by atoms with Gasteiger partial charge in [-0.05, 0) is 36.3 Å². The monoisotopic (exact) mass is 411 g/mol. The fourth-order valence-corrected chi connectivity index (χ4v) is 5.11. The number of carbonyl (C=O) groups is 1. The van der Waals surface area contributed by atoms with Crippen molar-refractivity contribution in [3.05, 3.63) is 71.6 Å². The van der Waals surface area contributed by atoms with Crippen LogP contribution in [0.2, 0.25) is 0 Å². The molecule has 0 spiro atoms. The quantitative estimate of drug-likeness (QED) is 0.466. The summed E-state index contributed by atoms with van der Waals surface area (Å²) < 4.78 is 5.25. The van der Waals surface area contributed by atoms with Crippen LogP contribution in [0, 0.1) is 0 Å². The molecule has 7 heteroatoms. The number of thioether (sulfide) groups is 2. The Bertz CT molecular complexity index is 930. The summed E-state index contributed by atoms with van der Waals surface area (Å²) in [5.41, 5.74) is 2.31. The molecule has 0 atom stereocenters. The molecule has 3 aromatic rings. The third-order valence-electron chi connectivity index (χ3n) is 4.34. The Morgan fingerprint density at radius 2 is 2.07 bits per heavy atom. The number of carbonyl (C=O) groups excluding carboxylic acids is 1. The first-order chi connectivity index (χ1) is 13.8. The van der Waals surface area contributed by atoms with Gasteiger partial charge in [0.25, 0.3) is 0 Å². The fraction of sp³-hybridized carbons (Fsp3) is 0.286. The average Bonchev–Trinajstić information content (AvgIpc) is 3.25.